The van der Waals surface area contributed by atoms with Crippen LogP contribution in [-0.4, -0.2) is 53.6 Å². The largest absolute Gasteiger partial charge is 0.496 e. The number of piperidine rings is 1. The number of rotatable bonds is 5. The van der Waals surface area contributed by atoms with Gasteiger partial charge >= 0.3 is 12.1 Å². The molecule has 38 heavy (non-hydrogen) atoms. The van der Waals surface area contributed by atoms with Crippen LogP contribution in [-0.2, 0) is 16.0 Å². The number of aromatic nitrogens is 1. The first kappa shape index (κ1) is 27.6. The number of carbonyl (C=O) groups is 2. The number of hydrogen-bond acceptors (Lipinski definition) is 6. The van der Waals surface area contributed by atoms with Crippen LogP contribution in [0.25, 0.3) is 10.9 Å². The number of likely N-dealkylation sites (tertiary alicyclic amines) is 1. The molecule has 0 aliphatic carbocycles. The normalized spacial score (nSPS) is 20.4. The van der Waals surface area contributed by atoms with E-state index in [2.05, 4.69) is 4.90 Å². The molecule has 4 rings (SSSR count). The number of fused-ring (bicyclic) bond motifs is 1. The average molecular weight is 525 g/mol. The lowest BCUT2D eigenvalue weighted by molar-refractivity contribution is 0.0244. The summed E-state index contributed by atoms with van der Waals surface area (Å²) >= 11 is 0. The van der Waals surface area contributed by atoms with E-state index in [4.69, 9.17) is 14.2 Å². The quantitative estimate of drug-likeness (QED) is 0.351. The van der Waals surface area contributed by atoms with Gasteiger partial charge in [-0.1, -0.05) is 12.1 Å². The topological polar surface area (TPSA) is 70.0 Å². The zero-order valence-electron chi connectivity index (χ0n) is 23.3. The summed E-state index contributed by atoms with van der Waals surface area (Å²) in [4.78, 5) is 27.1. The molecule has 0 amide bonds. The van der Waals surface area contributed by atoms with Gasteiger partial charge in [0, 0.05) is 42.7 Å². The number of hydrogen-bond donors (Lipinski definition) is 0. The number of aryl methyl sites for hydroxylation is 1. The van der Waals surface area contributed by atoms with Crippen LogP contribution < -0.4 is 4.74 Å². The van der Waals surface area contributed by atoms with Crippen LogP contribution in [0.4, 0.5) is 9.18 Å². The first-order valence-corrected chi connectivity index (χ1v) is 12.9. The summed E-state index contributed by atoms with van der Waals surface area (Å²) in [6.07, 6.45) is 2.01. The van der Waals surface area contributed by atoms with Crippen molar-refractivity contribution in [1.29, 1.82) is 0 Å². The maximum Gasteiger partial charge on any atom is 0.419 e. The standard InChI is InChI=1S/C30H37FN2O5/c1-19-16-25(36-6)23(22-12-14-33(26(19)22)28(35)38-29(2,3)4)18-32-15-13-30(5,31)17-24(32)20-8-10-21(11-9-20)27(34)37-7/h8-12,14,16,24H,13,15,17-18H2,1-7H3. The SMILES string of the molecule is COC(=O)c1ccc(C2CC(C)(F)CCN2Cc2c(OC)cc(C)c3c2ccn3C(=O)OC(C)(C)C)cc1. The minimum absolute atomic E-state index is 0.209. The zero-order valence-corrected chi connectivity index (χ0v) is 23.3. The van der Waals surface area contributed by atoms with Gasteiger partial charge in [0.15, 0.2) is 0 Å². The number of carbonyl (C=O) groups excluding carboxylic acids is 2. The summed E-state index contributed by atoms with van der Waals surface area (Å²) in [5.74, 6) is 0.305. The fourth-order valence-electron chi connectivity index (χ4n) is 5.22. The van der Waals surface area contributed by atoms with Gasteiger partial charge in [-0.25, -0.2) is 14.0 Å². The van der Waals surface area contributed by atoms with E-state index < -0.39 is 23.3 Å². The molecule has 0 spiro atoms. The molecular weight excluding hydrogens is 487 g/mol. The van der Waals surface area contributed by atoms with Gasteiger partial charge in [0.05, 0.1) is 25.3 Å². The zero-order chi connectivity index (χ0) is 27.8. The van der Waals surface area contributed by atoms with Gasteiger partial charge < -0.3 is 14.2 Å². The Morgan fingerprint density at radius 2 is 1.82 bits per heavy atom. The van der Waals surface area contributed by atoms with Crippen molar-refractivity contribution in [3.05, 3.63) is 64.8 Å². The van der Waals surface area contributed by atoms with Crippen molar-refractivity contribution in [1.82, 2.24) is 9.47 Å². The molecule has 1 aliphatic heterocycles. The fraction of sp³-hybridized carbons (Fsp3) is 0.467. The molecule has 0 bridgehead atoms. The Balaban J connectivity index is 1.74. The maximum atomic E-state index is 15.3. The van der Waals surface area contributed by atoms with Crippen molar-refractivity contribution in [2.75, 3.05) is 20.8 Å². The Morgan fingerprint density at radius 1 is 1.13 bits per heavy atom. The Bertz CT molecular complexity index is 1340. The third kappa shape index (κ3) is 5.70. The molecule has 1 aromatic heterocycles. The third-order valence-electron chi connectivity index (χ3n) is 7.10. The monoisotopic (exact) mass is 524 g/mol. The van der Waals surface area contributed by atoms with Crippen LogP contribution in [0.5, 0.6) is 5.75 Å². The highest BCUT2D eigenvalue weighted by molar-refractivity contribution is 5.95. The van der Waals surface area contributed by atoms with Crippen molar-refractivity contribution in [3.8, 4) is 5.75 Å². The van der Waals surface area contributed by atoms with E-state index in [1.807, 2.05) is 52.0 Å². The highest BCUT2D eigenvalue weighted by Gasteiger charge is 2.38. The van der Waals surface area contributed by atoms with Crippen molar-refractivity contribution >= 4 is 23.0 Å². The first-order chi connectivity index (χ1) is 17.8. The van der Waals surface area contributed by atoms with Crippen LogP contribution >= 0.6 is 0 Å². The molecule has 204 valence electrons. The van der Waals surface area contributed by atoms with Crippen LogP contribution in [0.15, 0.2) is 42.6 Å². The lowest BCUT2D eigenvalue weighted by Gasteiger charge is -2.42. The van der Waals surface area contributed by atoms with Crippen LogP contribution in [0.1, 0.15) is 73.6 Å². The number of alkyl halides is 1. The van der Waals surface area contributed by atoms with E-state index in [0.717, 1.165) is 27.6 Å². The minimum atomic E-state index is -1.31. The number of benzene rings is 2. The van der Waals surface area contributed by atoms with Crippen molar-refractivity contribution in [3.63, 3.8) is 0 Å². The summed E-state index contributed by atoms with van der Waals surface area (Å²) in [6.45, 7) is 10.1. The molecular formula is C30H37FN2O5. The molecule has 0 radical (unpaired) electrons. The Morgan fingerprint density at radius 3 is 2.42 bits per heavy atom. The van der Waals surface area contributed by atoms with Gasteiger partial charge in [0.1, 0.15) is 17.0 Å². The molecule has 1 fully saturated rings. The highest BCUT2D eigenvalue weighted by atomic mass is 19.1. The van der Waals surface area contributed by atoms with Gasteiger partial charge in [0.2, 0.25) is 0 Å². The summed E-state index contributed by atoms with van der Waals surface area (Å²) in [5.41, 5.74) is 2.02. The minimum Gasteiger partial charge on any atom is -0.496 e. The molecule has 2 atom stereocenters. The summed E-state index contributed by atoms with van der Waals surface area (Å²) < 4.78 is 33.1. The van der Waals surface area contributed by atoms with E-state index >= 15 is 4.39 Å². The van der Waals surface area contributed by atoms with E-state index in [-0.39, 0.29) is 6.04 Å². The Labute approximate surface area is 223 Å². The van der Waals surface area contributed by atoms with Gasteiger partial charge in [0.25, 0.3) is 0 Å². The second kappa shape index (κ2) is 10.4. The molecule has 0 saturated carbocycles. The van der Waals surface area contributed by atoms with Gasteiger partial charge in [-0.3, -0.25) is 9.47 Å². The molecule has 3 aromatic rings. The Hall–Kier alpha value is -3.39. The molecule has 2 heterocycles. The molecule has 0 N–H and O–H groups in total. The number of ether oxygens (including phenoxy) is 3. The second-order valence-corrected chi connectivity index (χ2v) is 11.3. The summed E-state index contributed by atoms with van der Waals surface area (Å²) in [5, 5.41) is 0.890. The first-order valence-electron chi connectivity index (χ1n) is 12.9. The summed E-state index contributed by atoms with van der Waals surface area (Å²) in [6, 6.07) is 10.8. The highest BCUT2D eigenvalue weighted by Crippen LogP contribution is 2.42. The lowest BCUT2D eigenvalue weighted by Crippen LogP contribution is -2.42. The molecule has 2 aromatic carbocycles. The maximum absolute atomic E-state index is 15.3. The molecule has 8 heteroatoms. The Kier molecular flexibility index (Phi) is 7.57. The van der Waals surface area contributed by atoms with Crippen molar-refractivity contribution in [2.24, 2.45) is 0 Å². The van der Waals surface area contributed by atoms with E-state index in [0.29, 0.717) is 37.2 Å². The number of methoxy groups -OCH3 is 2. The van der Waals surface area contributed by atoms with Gasteiger partial charge in [-0.05, 0) is 76.4 Å². The van der Waals surface area contributed by atoms with Crippen molar-refractivity contribution < 1.29 is 28.2 Å². The predicted octanol–water partition coefficient (Wildman–Crippen LogP) is 6.59. The number of esters is 1. The molecule has 1 saturated heterocycles. The van der Waals surface area contributed by atoms with Crippen molar-refractivity contribution in [2.45, 2.75) is 71.3 Å². The van der Waals surface area contributed by atoms with Gasteiger partial charge in [-0.2, -0.15) is 0 Å². The van der Waals surface area contributed by atoms with Crippen LogP contribution in [0.2, 0.25) is 0 Å². The van der Waals surface area contributed by atoms with E-state index in [1.54, 1.807) is 32.4 Å². The predicted molar refractivity (Wildman–Crippen MR) is 145 cm³/mol. The second-order valence-electron chi connectivity index (χ2n) is 11.3. The molecule has 2 unspecified atom stereocenters. The summed E-state index contributed by atoms with van der Waals surface area (Å²) in [7, 11) is 2.98. The average Bonchev–Trinajstić information content (AvgIpc) is 3.31. The molecule has 1 aliphatic rings. The number of halogens is 1. The van der Waals surface area contributed by atoms with E-state index in [1.165, 1.54) is 11.7 Å². The fourth-order valence-corrected chi connectivity index (χ4v) is 5.22. The van der Waals surface area contributed by atoms with Gasteiger partial charge in [-0.15, -0.1) is 0 Å². The smallest absolute Gasteiger partial charge is 0.419 e. The van der Waals surface area contributed by atoms with Crippen LogP contribution in [0, 0.1) is 6.92 Å². The number of nitrogens with zero attached hydrogens (tertiary/aromatic N) is 2. The van der Waals surface area contributed by atoms with E-state index in [9.17, 15) is 9.59 Å². The molecule has 7 nitrogen and oxygen atoms in total. The lowest BCUT2D eigenvalue weighted by atomic mass is 9.85. The van der Waals surface area contributed by atoms with Crippen LogP contribution in [0.3, 0.4) is 0 Å². The third-order valence-corrected chi connectivity index (χ3v) is 7.10.